The molecule has 0 bridgehead atoms. The zero-order valence-electron chi connectivity index (χ0n) is 11.8. The Hall–Kier alpha value is -2.18. The van der Waals surface area contributed by atoms with Crippen molar-refractivity contribution in [1.82, 2.24) is 5.32 Å². The molecule has 1 aromatic rings. The van der Waals surface area contributed by atoms with Crippen molar-refractivity contribution in [3.8, 4) is 0 Å². The van der Waals surface area contributed by atoms with Gasteiger partial charge in [-0.2, -0.15) is 0 Å². The van der Waals surface area contributed by atoms with E-state index in [2.05, 4.69) is 5.32 Å². The van der Waals surface area contributed by atoms with E-state index in [9.17, 15) is 19.3 Å². The van der Waals surface area contributed by atoms with Crippen LogP contribution in [0.15, 0.2) is 12.1 Å². The highest BCUT2D eigenvalue weighted by molar-refractivity contribution is 6.01. The monoisotopic (exact) mass is 295 g/mol. The van der Waals surface area contributed by atoms with E-state index in [1.165, 1.54) is 0 Å². The standard InChI is InChI=1S/C14H18FN3O3/c1-8-4-2-3-5-11(8)17-14(19)10-6-9(15)7-12(13(10)16)18(20)21/h6-8,11H,2-5,16H2,1H3,(H,17,19). The molecule has 2 unspecified atom stereocenters. The normalized spacial score (nSPS) is 21.8. The van der Waals surface area contributed by atoms with Gasteiger partial charge in [-0.1, -0.05) is 19.8 Å². The Morgan fingerprint density at radius 2 is 2.10 bits per heavy atom. The highest BCUT2D eigenvalue weighted by Crippen LogP contribution is 2.28. The van der Waals surface area contributed by atoms with Gasteiger partial charge in [-0.25, -0.2) is 4.39 Å². The molecule has 1 aliphatic rings. The number of benzene rings is 1. The lowest BCUT2D eigenvalue weighted by Gasteiger charge is -2.29. The van der Waals surface area contributed by atoms with Crippen LogP contribution in [0, 0.1) is 21.8 Å². The zero-order chi connectivity index (χ0) is 15.6. The molecule has 114 valence electrons. The molecule has 2 rings (SSSR count). The van der Waals surface area contributed by atoms with Crippen LogP contribution in [-0.4, -0.2) is 16.9 Å². The minimum atomic E-state index is -0.849. The zero-order valence-corrected chi connectivity index (χ0v) is 11.8. The summed E-state index contributed by atoms with van der Waals surface area (Å²) in [6, 6.07) is 1.65. The van der Waals surface area contributed by atoms with E-state index in [4.69, 9.17) is 5.73 Å². The molecule has 0 saturated heterocycles. The van der Waals surface area contributed by atoms with Crippen molar-refractivity contribution in [2.45, 2.75) is 38.6 Å². The minimum Gasteiger partial charge on any atom is -0.393 e. The maximum absolute atomic E-state index is 13.4. The maximum atomic E-state index is 13.4. The molecule has 21 heavy (non-hydrogen) atoms. The van der Waals surface area contributed by atoms with Gasteiger partial charge in [0.25, 0.3) is 11.6 Å². The first kappa shape index (κ1) is 15.2. The molecule has 1 fully saturated rings. The molecule has 3 N–H and O–H groups in total. The van der Waals surface area contributed by atoms with Gasteiger partial charge in [0.15, 0.2) is 0 Å². The van der Waals surface area contributed by atoms with E-state index in [0.717, 1.165) is 37.8 Å². The predicted octanol–water partition coefficient (Wildman–Crippen LogP) is 2.62. The van der Waals surface area contributed by atoms with Crippen molar-refractivity contribution >= 4 is 17.3 Å². The molecule has 7 heteroatoms. The third kappa shape index (κ3) is 3.29. The molecule has 0 aromatic heterocycles. The molecule has 2 atom stereocenters. The average Bonchev–Trinajstić information content (AvgIpc) is 2.43. The second-order valence-corrected chi connectivity index (χ2v) is 5.48. The Morgan fingerprint density at radius 3 is 2.71 bits per heavy atom. The van der Waals surface area contributed by atoms with Gasteiger partial charge in [-0.15, -0.1) is 0 Å². The molecule has 0 spiro atoms. The number of halogens is 1. The highest BCUT2D eigenvalue weighted by Gasteiger charge is 2.26. The van der Waals surface area contributed by atoms with Crippen LogP contribution in [0.5, 0.6) is 0 Å². The van der Waals surface area contributed by atoms with Crippen molar-refractivity contribution in [2.75, 3.05) is 5.73 Å². The number of nitrogens with zero attached hydrogens (tertiary/aromatic N) is 1. The van der Waals surface area contributed by atoms with Crippen LogP contribution >= 0.6 is 0 Å². The number of nitrogens with two attached hydrogens (primary N) is 1. The molecular weight excluding hydrogens is 277 g/mol. The number of nitrogens with one attached hydrogen (secondary N) is 1. The third-order valence-electron chi connectivity index (χ3n) is 3.99. The number of nitrogen functional groups attached to an aromatic ring is 1. The van der Waals surface area contributed by atoms with Gasteiger partial charge in [0, 0.05) is 6.04 Å². The fourth-order valence-electron chi connectivity index (χ4n) is 2.72. The van der Waals surface area contributed by atoms with Crippen molar-refractivity contribution in [2.24, 2.45) is 5.92 Å². The summed E-state index contributed by atoms with van der Waals surface area (Å²) in [5.74, 6) is -1.08. The summed E-state index contributed by atoms with van der Waals surface area (Å²) in [7, 11) is 0. The Morgan fingerprint density at radius 1 is 1.43 bits per heavy atom. The fourth-order valence-corrected chi connectivity index (χ4v) is 2.72. The quantitative estimate of drug-likeness (QED) is 0.508. The van der Waals surface area contributed by atoms with E-state index in [0.29, 0.717) is 5.92 Å². The number of nitro groups is 1. The van der Waals surface area contributed by atoms with E-state index >= 15 is 0 Å². The largest absolute Gasteiger partial charge is 0.393 e. The number of hydrogen-bond acceptors (Lipinski definition) is 4. The van der Waals surface area contributed by atoms with Crippen LogP contribution in [0.2, 0.25) is 0 Å². The molecule has 1 aliphatic carbocycles. The average molecular weight is 295 g/mol. The summed E-state index contributed by atoms with van der Waals surface area (Å²) in [5, 5.41) is 13.6. The van der Waals surface area contributed by atoms with Crippen LogP contribution in [-0.2, 0) is 0 Å². The SMILES string of the molecule is CC1CCCCC1NC(=O)c1cc(F)cc([N+](=O)[O-])c1N. The minimum absolute atomic E-state index is 0.00651. The summed E-state index contributed by atoms with van der Waals surface area (Å²) < 4.78 is 13.4. The molecular formula is C14H18FN3O3. The van der Waals surface area contributed by atoms with E-state index in [1.807, 2.05) is 6.92 Å². The fraction of sp³-hybridized carbons (Fsp3) is 0.500. The number of carbonyl (C=O) groups is 1. The molecule has 1 saturated carbocycles. The van der Waals surface area contributed by atoms with Crippen LogP contribution in [0.3, 0.4) is 0 Å². The lowest BCUT2D eigenvalue weighted by molar-refractivity contribution is -0.384. The van der Waals surface area contributed by atoms with Gasteiger partial charge in [-0.05, 0) is 24.8 Å². The summed E-state index contributed by atoms with van der Waals surface area (Å²) in [6.45, 7) is 2.04. The van der Waals surface area contributed by atoms with Crippen LogP contribution < -0.4 is 11.1 Å². The molecule has 1 amide bonds. The Labute approximate surface area is 121 Å². The first-order valence-electron chi connectivity index (χ1n) is 6.94. The summed E-state index contributed by atoms with van der Waals surface area (Å²) >= 11 is 0. The third-order valence-corrected chi connectivity index (χ3v) is 3.99. The number of hydrogen-bond donors (Lipinski definition) is 2. The van der Waals surface area contributed by atoms with E-state index < -0.39 is 22.3 Å². The number of amides is 1. The van der Waals surface area contributed by atoms with Gasteiger partial charge >= 0.3 is 0 Å². The summed E-state index contributed by atoms with van der Waals surface area (Å²) in [6.07, 6.45) is 4.02. The number of anilines is 1. The van der Waals surface area contributed by atoms with Crippen molar-refractivity contribution in [3.63, 3.8) is 0 Å². The van der Waals surface area contributed by atoms with Gasteiger partial charge in [-0.3, -0.25) is 14.9 Å². The highest BCUT2D eigenvalue weighted by atomic mass is 19.1. The summed E-state index contributed by atoms with van der Waals surface area (Å²) in [4.78, 5) is 22.3. The molecule has 6 nitrogen and oxygen atoms in total. The Kier molecular flexibility index (Phi) is 4.40. The van der Waals surface area contributed by atoms with Gasteiger partial charge < -0.3 is 11.1 Å². The molecule has 0 radical (unpaired) electrons. The first-order chi connectivity index (χ1) is 9.90. The summed E-state index contributed by atoms with van der Waals surface area (Å²) in [5.41, 5.74) is 4.55. The lowest BCUT2D eigenvalue weighted by atomic mass is 9.86. The van der Waals surface area contributed by atoms with Crippen LogP contribution in [0.4, 0.5) is 15.8 Å². The second-order valence-electron chi connectivity index (χ2n) is 5.48. The Balaban J connectivity index is 2.24. The second kappa shape index (κ2) is 6.07. The Bertz CT molecular complexity index is 577. The van der Waals surface area contributed by atoms with Crippen molar-refractivity contribution in [3.05, 3.63) is 33.6 Å². The molecule has 1 aromatic carbocycles. The van der Waals surface area contributed by atoms with E-state index in [-0.39, 0.29) is 17.3 Å². The van der Waals surface area contributed by atoms with Gasteiger partial charge in [0.05, 0.1) is 16.6 Å². The van der Waals surface area contributed by atoms with Crippen LogP contribution in [0.1, 0.15) is 43.0 Å². The van der Waals surface area contributed by atoms with Gasteiger partial charge in [0.2, 0.25) is 0 Å². The van der Waals surface area contributed by atoms with Crippen molar-refractivity contribution in [1.29, 1.82) is 0 Å². The molecule has 0 heterocycles. The number of carbonyl (C=O) groups excluding carboxylic acids is 1. The van der Waals surface area contributed by atoms with Gasteiger partial charge in [0.1, 0.15) is 11.5 Å². The maximum Gasteiger partial charge on any atom is 0.295 e. The van der Waals surface area contributed by atoms with Crippen molar-refractivity contribution < 1.29 is 14.1 Å². The number of nitro benzene ring substituents is 1. The smallest absolute Gasteiger partial charge is 0.295 e. The van der Waals surface area contributed by atoms with E-state index in [1.54, 1.807) is 0 Å². The molecule has 0 aliphatic heterocycles. The predicted molar refractivity (Wildman–Crippen MR) is 76.4 cm³/mol. The lowest BCUT2D eigenvalue weighted by Crippen LogP contribution is -2.41. The topological polar surface area (TPSA) is 98.3 Å². The first-order valence-corrected chi connectivity index (χ1v) is 6.94. The van der Waals surface area contributed by atoms with Crippen LogP contribution in [0.25, 0.3) is 0 Å². The number of rotatable bonds is 3.